The van der Waals surface area contributed by atoms with Gasteiger partial charge in [0.1, 0.15) is 0 Å². The van der Waals surface area contributed by atoms with E-state index in [0.717, 1.165) is 25.1 Å². The summed E-state index contributed by atoms with van der Waals surface area (Å²) >= 11 is 1.99. The van der Waals surface area contributed by atoms with Gasteiger partial charge in [0.05, 0.1) is 0 Å². The van der Waals surface area contributed by atoms with E-state index < -0.39 is 0 Å². The summed E-state index contributed by atoms with van der Waals surface area (Å²) in [5.41, 5.74) is 17.6. The number of benzene rings is 7. The molecule has 1 nitrogen and oxygen atoms in total. The molecule has 0 fully saturated rings. The zero-order chi connectivity index (χ0) is 31.8. The van der Waals surface area contributed by atoms with E-state index in [1.54, 1.807) is 5.56 Å². The summed E-state index contributed by atoms with van der Waals surface area (Å²) in [6.07, 6.45) is 1.06. The van der Waals surface area contributed by atoms with Gasteiger partial charge in [-0.3, -0.25) is 0 Å². The third-order valence-corrected chi connectivity index (χ3v) is 11.7. The first kappa shape index (κ1) is 27.7. The number of thiophene rings is 1. The maximum absolute atomic E-state index is 3.86. The van der Waals surface area contributed by atoms with E-state index in [0.29, 0.717) is 5.92 Å². The molecule has 0 bridgehead atoms. The highest BCUT2D eigenvalue weighted by atomic mass is 32.1. The molecule has 1 aliphatic heterocycles. The summed E-state index contributed by atoms with van der Waals surface area (Å²) in [6, 6.07) is 53.8. The first-order valence-corrected chi connectivity index (χ1v) is 17.7. The van der Waals surface area contributed by atoms with Crippen LogP contribution in [0.5, 0.6) is 0 Å². The second kappa shape index (κ2) is 10.8. The molecule has 2 heterocycles. The van der Waals surface area contributed by atoms with E-state index >= 15 is 0 Å². The van der Waals surface area contributed by atoms with E-state index in [-0.39, 0.29) is 0 Å². The molecule has 0 amide bonds. The van der Waals surface area contributed by atoms with Crippen molar-refractivity contribution < 1.29 is 0 Å². The zero-order valence-electron chi connectivity index (χ0n) is 26.8. The molecule has 0 saturated carbocycles. The zero-order valence-corrected chi connectivity index (χ0v) is 27.6. The van der Waals surface area contributed by atoms with Crippen molar-refractivity contribution in [3.63, 3.8) is 0 Å². The van der Waals surface area contributed by atoms with Gasteiger partial charge in [0.2, 0.25) is 0 Å². The van der Waals surface area contributed by atoms with Crippen molar-refractivity contribution in [2.24, 2.45) is 0 Å². The van der Waals surface area contributed by atoms with Gasteiger partial charge >= 0.3 is 0 Å². The minimum absolute atomic E-state index is 0.357. The Morgan fingerprint density at radius 3 is 2.29 bits per heavy atom. The average molecular weight is 630 g/mol. The van der Waals surface area contributed by atoms with E-state index in [1.165, 1.54) is 81.2 Å². The first-order valence-electron chi connectivity index (χ1n) is 16.9. The molecular weight excluding hydrogens is 597 g/mol. The Kier molecular flexibility index (Phi) is 6.26. The smallest absolute Gasteiger partial charge is 0.193 e. The maximum Gasteiger partial charge on any atom is 0.193 e. The van der Waals surface area contributed by atoms with Gasteiger partial charge in [-0.1, -0.05) is 138 Å². The standard InChI is InChI=1S/C45H32BNS/c1-27-24-36-35-26-41-44(33-14-7-8-17-40(33)48-41)34-15-9-16-38(42(34)35)46-45(36)37(25-27)43-32-13-6-5-12-30(32)20-23-39(43)47-31-21-18-29(19-22-31)28-10-3-2-4-11-28/h2-25,35,46-47H,26H2,1H3. The van der Waals surface area contributed by atoms with Crippen LogP contribution in [0.25, 0.3) is 54.2 Å². The Balaban J connectivity index is 1.14. The highest BCUT2D eigenvalue weighted by molar-refractivity contribution is 7.19. The topological polar surface area (TPSA) is 12.0 Å². The number of hydrogen-bond acceptors (Lipinski definition) is 2. The number of nitrogens with one attached hydrogen (secondary N) is 1. The molecule has 0 saturated heterocycles. The Labute approximate surface area is 285 Å². The summed E-state index contributed by atoms with van der Waals surface area (Å²) in [6.45, 7) is 2.28. The molecule has 3 heteroatoms. The number of aryl methyl sites for hydroxylation is 1. The van der Waals surface area contributed by atoms with Gasteiger partial charge in [-0.05, 0) is 81.8 Å². The maximum atomic E-state index is 3.86. The van der Waals surface area contributed by atoms with Crippen LogP contribution >= 0.6 is 11.3 Å². The molecule has 1 aromatic heterocycles. The van der Waals surface area contributed by atoms with Crippen molar-refractivity contribution in [3.8, 4) is 33.4 Å². The third-order valence-electron chi connectivity index (χ3n) is 10.5. The molecule has 226 valence electrons. The van der Waals surface area contributed by atoms with Crippen LogP contribution in [0, 0.1) is 6.92 Å². The van der Waals surface area contributed by atoms with Crippen LogP contribution in [0.1, 0.15) is 27.5 Å². The van der Waals surface area contributed by atoms with Crippen LogP contribution in [0.2, 0.25) is 0 Å². The van der Waals surface area contributed by atoms with E-state index in [2.05, 4.69) is 158 Å². The lowest BCUT2D eigenvalue weighted by Gasteiger charge is -2.35. The number of hydrogen-bond donors (Lipinski definition) is 1. The summed E-state index contributed by atoms with van der Waals surface area (Å²) in [7, 11) is 0.941. The van der Waals surface area contributed by atoms with Crippen molar-refractivity contribution in [3.05, 3.63) is 167 Å². The van der Waals surface area contributed by atoms with E-state index in [1.807, 2.05) is 11.3 Å². The van der Waals surface area contributed by atoms with Gasteiger partial charge in [0.15, 0.2) is 7.28 Å². The lowest BCUT2D eigenvalue weighted by atomic mass is 9.50. The van der Waals surface area contributed by atoms with Gasteiger partial charge in [-0.25, -0.2) is 0 Å². The van der Waals surface area contributed by atoms with Gasteiger partial charge < -0.3 is 5.32 Å². The van der Waals surface area contributed by atoms with Gasteiger partial charge in [0.25, 0.3) is 0 Å². The fourth-order valence-corrected chi connectivity index (χ4v) is 9.71. The van der Waals surface area contributed by atoms with Crippen LogP contribution in [-0.4, -0.2) is 7.28 Å². The van der Waals surface area contributed by atoms with Crippen molar-refractivity contribution in [2.75, 3.05) is 5.32 Å². The monoisotopic (exact) mass is 629 g/mol. The SMILES string of the molecule is Cc1cc(-c2c(Nc3ccc(-c4ccccc4)cc3)ccc3ccccc23)c2c(c1)C1Cc3sc4ccccc4c3-c3cccc(c31)B2. The average Bonchev–Trinajstić information content (AvgIpc) is 3.51. The lowest BCUT2D eigenvalue weighted by molar-refractivity contribution is 0.812. The molecule has 0 spiro atoms. The van der Waals surface area contributed by atoms with Crippen LogP contribution in [0.15, 0.2) is 146 Å². The van der Waals surface area contributed by atoms with Crippen molar-refractivity contribution in [2.45, 2.75) is 19.3 Å². The summed E-state index contributed by atoms with van der Waals surface area (Å²) in [4.78, 5) is 1.52. The summed E-state index contributed by atoms with van der Waals surface area (Å²) in [5.74, 6) is 0.357. The molecule has 0 radical (unpaired) electrons. The molecule has 1 unspecified atom stereocenters. The Morgan fingerprint density at radius 2 is 1.42 bits per heavy atom. The fraction of sp³-hybridized carbons (Fsp3) is 0.0667. The minimum atomic E-state index is 0.357. The predicted octanol–water partition coefficient (Wildman–Crippen LogP) is 10.5. The van der Waals surface area contributed by atoms with Crippen LogP contribution in [-0.2, 0) is 6.42 Å². The number of fused-ring (bicyclic) bond motifs is 7. The molecular formula is C45H32BNS. The van der Waals surface area contributed by atoms with Crippen molar-refractivity contribution in [1.82, 2.24) is 0 Å². The molecule has 1 aliphatic carbocycles. The van der Waals surface area contributed by atoms with E-state index in [4.69, 9.17) is 0 Å². The number of anilines is 2. The molecule has 8 aromatic rings. The first-order chi connectivity index (χ1) is 23.7. The summed E-state index contributed by atoms with van der Waals surface area (Å²) in [5, 5.41) is 7.81. The predicted molar refractivity (Wildman–Crippen MR) is 209 cm³/mol. The molecule has 1 atom stereocenters. The molecule has 1 N–H and O–H groups in total. The second-order valence-corrected chi connectivity index (χ2v) is 14.5. The largest absolute Gasteiger partial charge is 0.355 e. The molecule has 2 aliphatic rings. The van der Waals surface area contributed by atoms with Crippen molar-refractivity contribution in [1.29, 1.82) is 0 Å². The second-order valence-electron chi connectivity index (χ2n) is 13.4. The fourth-order valence-electron chi connectivity index (χ4n) is 8.45. The van der Waals surface area contributed by atoms with Crippen LogP contribution < -0.4 is 16.2 Å². The Bertz CT molecular complexity index is 2540. The van der Waals surface area contributed by atoms with E-state index in [9.17, 15) is 0 Å². The molecule has 10 rings (SSSR count). The molecule has 48 heavy (non-hydrogen) atoms. The van der Waals surface area contributed by atoms with Crippen LogP contribution in [0.4, 0.5) is 11.4 Å². The summed E-state index contributed by atoms with van der Waals surface area (Å²) < 4.78 is 1.40. The highest BCUT2D eigenvalue weighted by Gasteiger charge is 2.36. The lowest BCUT2D eigenvalue weighted by Crippen LogP contribution is -2.42. The Morgan fingerprint density at radius 1 is 0.646 bits per heavy atom. The normalized spacial score (nSPS) is 14.2. The quantitative estimate of drug-likeness (QED) is 0.191. The van der Waals surface area contributed by atoms with Crippen LogP contribution in [0.3, 0.4) is 0 Å². The highest BCUT2D eigenvalue weighted by Crippen LogP contribution is 2.50. The minimum Gasteiger partial charge on any atom is -0.355 e. The van der Waals surface area contributed by atoms with Gasteiger partial charge in [-0.2, -0.15) is 0 Å². The third kappa shape index (κ3) is 4.31. The number of rotatable bonds is 4. The van der Waals surface area contributed by atoms with Gasteiger partial charge in [0, 0.05) is 43.4 Å². The van der Waals surface area contributed by atoms with Gasteiger partial charge in [-0.15, -0.1) is 11.3 Å². The Hall–Kier alpha value is -5.38. The van der Waals surface area contributed by atoms with Crippen molar-refractivity contribution >= 4 is 61.8 Å². The molecule has 7 aromatic carbocycles.